The fourth-order valence-corrected chi connectivity index (χ4v) is 3.80. The molecule has 4 heteroatoms. The topological polar surface area (TPSA) is 50.1 Å². The van der Waals surface area contributed by atoms with Crippen LogP contribution in [0.15, 0.2) is 30.3 Å². The summed E-state index contributed by atoms with van der Waals surface area (Å²) < 4.78 is 5.38. The number of thiophene rings is 1. The predicted octanol–water partition coefficient (Wildman–Crippen LogP) is 4.10. The highest BCUT2D eigenvalue weighted by Crippen LogP contribution is 2.32. The zero-order valence-corrected chi connectivity index (χ0v) is 13.3. The summed E-state index contributed by atoms with van der Waals surface area (Å²) in [4.78, 5) is 14.2. The number of benzene rings is 1. The molecule has 0 amide bonds. The lowest BCUT2D eigenvalue weighted by atomic mass is 9.90. The lowest BCUT2D eigenvalue weighted by molar-refractivity contribution is 0.0478. The van der Waals surface area contributed by atoms with Crippen LogP contribution in [0.4, 0.5) is 0 Å². The van der Waals surface area contributed by atoms with Gasteiger partial charge >= 0.3 is 5.97 Å². The number of hydrogen-bond donors (Lipinski definition) is 0. The van der Waals surface area contributed by atoms with Crippen LogP contribution in [0.25, 0.3) is 0 Å². The van der Waals surface area contributed by atoms with Crippen LogP contribution in [-0.4, -0.2) is 5.97 Å². The molecule has 22 heavy (non-hydrogen) atoms. The van der Waals surface area contributed by atoms with E-state index in [-0.39, 0.29) is 12.6 Å². The van der Waals surface area contributed by atoms with E-state index in [4.69, 9.17) is 10.00 Å². The van der Waals surface area contributed by atoms with E-state index in [2.05, 4.69) is 13.0 Å². The molecular weight excluding hydrogens is 294 g/mol. The van der Waals surface area contributed by atoms with Gasteiger partial charge in [0.25, 0.3) is 0 Å². The molecule has 2 aromatic rings. The van der Waals surface area contributed by atoms with Crippen LogP contribution in [0, 0.1) is 17.2 Å². The Hall–Kier alpha value is -2.12. The number of hydrogen-bond acceptors (Lipinski definition) is 4. The number of nitriles is 1. The minimum atomic E-state index is -0.253. The number of carbonyl (C=O) groups excluding carboxylic acids is 1. The summed E-state index contributed by atoms with van der Waals surface area (Å²) >= 11 is 1.57. The highest BCUT2D eigenvalue weighted by atomic mass is 32.1. The quantitative estimate of drug-likeness (QED) is 0.802. The molecule has 3 nitrogen and oxygen atoms in total. The Labute approximate surface area is 134 Å². The summed E-state index contributed by atoms with van der Waals surface area (Å²) in [5.41, 5.74) is 2.81. The first-order chi connectivity index (χ1) is 10.7. The Bertz CT molecular complexity index is 725. The molecule has 1 aliphatic rings. The van der Waals surface area contributed by atoms with E-state index in [0.29, 0.717) is 16.4 Å². The van der Waals surface area contributed by atoms with Crippen molar-refractivity contribution in [3.8, 4) is 6.07 Å². The van der Waals surface area contributed by atoms with Crippen molar-refractivity contribution in [1.82, 2.24) is 0 Å². The summed E-state index contributed by atoms with van der Waals surface area (Å²) in [5, 5.41) is 8.76. The molecule has 0 bridgehead atoms. The van der Waals surface area contributed by atoms with Gasteiger partial charge in [-0.2, -0.15) is 5.26 Å². The molecule has 0 fully saturated rings. The number of ether oxygens (including phenoxy) is 1. The molecule has 0 aliphatic heterocycles. The van der Waals surface area contributed by atoms with Crippen LogP contribution < -0.4 is 0 Å². The Morgan fingerprint density at radius 3 is 2.91 bits per heavy atom. The second-order valence-electron chi connectivity index (χ2n) is 5.79. The van der Waals surface area contributed by atoms with Crippen molar-refractivity contribution in [2.24, 2.45) is 5.92 Å². The van der Waals surface area contributed by atoms with Gasteiger partial charge < -0.3 is 4.74 Å². The summed E-state index contributed by atoms with van der Waals surface area (Å²) in [7, 11) is 0. The van der Waals surface area contributed by atoms with Gasteiger partial charge in [-0.25, -0.2) is 4.79 Å². The number of nitrogens with zero attached hydrogens (tertiary/aromatic N) is 1. The minimum Gasteiger partial charge on any atom is -0.457 e. The molecule has 0 unspecified atom stereocenters. The van der Waals surface area contributed by atoms with E-state index in [9.17, 15) is 4.79 Å². The molecule has 1 atom stereocenters. The third-order valence-corrected chi connectivity index (χ3v) is 5.20. The number of aryl methyl sites for hydroxylation is 1. The zero-order chi connectivity index (χ0) is 15.5. The highest BCUT2D eigenvalue weighted by molar-refractivity contribution is 7.14. The third kappa shape index (κ3) is 3.20. The van der Waals surface area contributed by atoms with Crippen LogP contribution in [0.1, 0.15) is 44.6 Å². The van der Waals surface area contributed by atoms with Crippen LogP contribution in [0.3, 0.4) is 0 Å². The van der Waals surface area contributed by atoms with Crippen LogP contribution in [-0.2, 0) is 24.2 Å². The zero-order valence-electron chi connectivity index (χ0n) is 12.5. The molecule has 0 N–H and O–H groups in total. The second-order valence-corrected chi connectivity index (χ2v) is 6.93. The second kappa shape index (κ2) is 6.33. The van der Waals surface area contributed by atoms with Crippen molar-refractivity contribution >= 4 is 17.3 Å². The van der Waals surface area contributed by atoms with Crippen LogP contribution >= 0.6 is 11.3 Å². The number of fused-ring (bicyclic) bond motifs is 1. The maximum absolute atomic E-state index is 12.2. The molecule has 1 heterocycles. The SMILES string of the molecule is C[C@@H]1CCc2sc(C(=O)OCc3ccc(C#N)cc3)cc2C1. The van der Waals surface area contributed by atoms with Gasteiger partial charge in [0.15, 0.2) is 0 Å². The first-order valence-corrected chi connectivity index (χ1v) is 8.25. The first kappa shape index (κ1) is 14.8. The van der Waals surface area contributed by atoms with Gasteiger partial charge in [0, 0.05) is 4.88 Å². The van der Waals surface area contributed by atoms with Crippen molar-refractivity contribution in [3.05, 3.63) is 56.8 Å². The molecule has 3 rings (SSSR count). The Morgan fingerprint density at radius 2 is 2.18 bits per heavy atom. The van der Waals surface area contributed by atoms with Gasteiger partial charge in [0.05, 0.1) is 11.6 Å². The van der Waals surface area contributed by atoms with Crippen LogP contribution in [0.2, 0.25) is 0 Å². The van der Waals surface area contributed by atoms with Gasteiger partial charge in [-0.3, -0.25) is 0 Å². The number of carbonyl (C=O) groups is 1. The molecule has 0 saturated heterocycles. The fraction of sp³-hybridized carbons (Fsp3) is 0.333. The standard InChI is InChI=1S/C18H17NO2S/c1-12-2-7-16-15(8-12)9-17(22-16)18(20)21-11-14-5-3-13(10-19)4-6-14/h3-6,9,12H,2,7-8,11H2,1H3/t12-/m1/s1. The first-order valence-electron chi connectivity index (χ1n) is 7.43. The van der Waals surface area contributed by atoms with E-state index in [1.807, 2.05) is 18.2 Å². The summed E-state index contributed by atoms with van der Waals surface area (Å²) in [5.74, 6) is 0.445. The van der Waals surface area contributed by atoms with E-state index in [1.54, 1.807) is 23.5 Å². The van der Waals surface area contributed by atoms with Gasteiger partial charge in [0.1, 0.15) is 11.5 Å². The molecular formula is C18H17NO2S. The van der Waals surface area contributed by atoms with Crippen molar-refractivity contribution in [2.45, 2.75) is 32.8 Å². The fourth-order valence-electron chi connectivity index (χ4n) is 2.70. The maximum atomic E-state index is 12.2. The van der Waals surface area contributed by atoms with E-state index >= 15 is 0 Å². The smallest absolute Gasteiger partial charge is 0.348 e. The average molecular weight is 311 g/mol. The summed E-state index contributed by atoms with van der Waals surface area (Å²) in [6.45, 7) is 2.49. The van der Waals surface area contributed by atoms with Crippen LogP contribution in [0.5, 0.6) is 0 Å². The van der Waals surface area contributed by atoms with Gasteiger partial charge in [0.2, 0.25) is 0 Å². The van der Waals surface area contributed by atoms with Crippen molar-refractivity contribution in [3.63, 3.8) is 0 Å². The van der Waals surface area contributed by atoms with Crippen molar-refractivity contribution in [1.29, 1.82) is 5.26 Å². The van der Waals surface area contributed by atoms with E-state index in [0.717, 1.165) is 18.4 Å². The molecule has 1 aliphatic carbocycles. The Balaban J connectivity index is 1.63. The maximum Gasteiger partial charge on any atom is 0.348 e. The van der Waals surface area contributed by atoms with Crippen molar-refractivity contribution < 1.29 is 9.53 Å². The summed E-state index contributed by atoms with van der Waals surface area (Å²) in [6, 6.07) is 11.2. The largest absolute Gasteiger partial charge is 0.457 e. The van der Waals surface area contributed by atoms with Gasteiger partial charge in [-0.15, -0.1) is 11.3 Å². The minimum absolute atomic E-state index is 0.240. The Kier molecular flexibility index (Phi) is 4.26. The molecule has 0 spiro atoms. The lowest BCUT2D eigenvalue weighted by Crippen LogP contribution is -2.08. The number of rotatable bonds is 3. The Morgan fingerprint density at radius 1 is 1.41 bits per heavy atom. The van der Waals surface area contributed by atoms with E-state index in [1.165, 1.54) is 16.9 Å². The van der Waals surface area contributed by atoms with Crippen molar-refractivity contribution in [2.75, 3.05) is 0 Å². The molecule has 1 aromatic carbocycles. The average Bonchev–Trinajstić information content (AvgIpc) is 2.96. The molecule has 0 radical (unpaired) electrons. The molecule has 112 valence electrons. The predicted molar refractivity (Wildman–Crippen MR) is 85.8 cm³/mol. The van der Waals surface area contributed by atoms with Gasteiger partial charge in [-0.05, 0) is 54.5 Å². The van der Waals surface area contributed by atoms with E-state index < -0.39 is 0 Å². The normalized spacial score (nSPS) is 16.6. The number of esters is 1. The highest BCUT2D eigenvalue weighted by Gasteiger charge is 2.21. The third-order valence-electron chi connectivity index (χ3n) is 3.98. The lowest BCUT2D eigenvalue weighted by Gasteiger charge is -2.16. The summed E-state index contributed by atoms with van der Waals surface area (Å²) in [6.07, 6.45) is 3.34. The monoisotopic (exact) mass is 311 g/mol. The molecule has 1 aromatic heterocycles. The molecule has 0 saturated carbocycles. The van der Waals surface area contributed by atoms with Gasteiger partial charge in [-0.1, -0.05) is 19.1 Å².